The minimum atomic E-state index is -4.49. The van der Waals surface area contributed by atoms with Gasteiger partial charge in [-0.25, -0.2) is 4.98 Å². The first-order chi connectivity index (χ1) is 16.5. The molecule has 0 saturated carbocycles. The molecule has 35 heavy (non-hydrogen) atoms. The lowest BCUT2D eigenvalue weighted by atomic mass is 9.87. The zero-order valence-electron chi connectivity index (χ0n) is 19.6. The number of halogens is 3. The lowest BCUT2D eigenvalue weighted by Gasteiger charge is -2.29. The Morgan fingerprint density at radius 1 is 1.20 bits per heavy atom. The zero-order chi connectivity index (χ0) is 25.4. The van der Waals surface area contributed by atoms with Crippen molar-refractivity contribution >= 4 is 22.9 Å². The predicted octanol–water partition coefficient (Wildman–Crippen LogP) is 4.66. The van der Waals surface area contributed by atoms with Crippen LogP contribution in [0.25, 0.3) is 11.0 Å². The van der Waals surface area contributed by atoms with Crippen molar-refractivity contribution in [1.29, 1.82) is 0 Å². The van der Waals surface area contributed by atoms with Gasteiger partial charge in [-0.05, 0) is 62.4 Å². The Morgan fingerprint density at radius 2 is 1.97 bits per heavy atom. The lowest BCUT2D eigenvalue weighted by Crippen LogP contribution is -2.36. The molecule has 7 nitrogen and oxygen atoms in total. The number of fused-ring (bicyclic) bond motifs is 3. The largest absolute Gasteiger partial charge is 0.481 e. The summed E-state index contributed by atoms with van der Waals surface area (Å²) in [5, 5.41) is 10.2. The van der Waals surface area contributed by atoms with E-state index < -0.39 is 23.1 Å². The summed E-state index contributed by atoms with van der Waals surface area (Å²) in [6.07, 6.45) is 1.06. The highest BCUT2D eigenvalue weighted by molar-refractivity contribution is 5.84. The minimum absolute atomic E-state index is 0.0673. The molecule has 1 N–H and O–H groups in total. The highest BCUT2D eigenvalue weighted by Crippen LogP contribution is 2.33. The number of carboxylic acid groups (broad SMARTS) is 1. The number of carbonyl (C=O) groups excluding carboxylic acids is 1. The van der Waals surface area contributed by atoms with Gasteiger partial charge >= 0.3 is 12.1 Å². The summed E-state index contributed by atoms with van der Waals surface area (Å²) < 4.78 is 41.5. The van der Waals surface area contributed by atoms with E-state index in [0.29, 0.717) is 43.6 Å². The van der Waals surface area contributed by atoms with Gasteiger partial charge < -0.3 is 14.6 Å². The Bertz CT molecular complexity index is 1270. The molecule has 0 spiro atoms. The van der Waals surface area contributed by atoms with Crippen molar-refractivity contribution in [3.8, 4) is 0 Å². The van der Waals surface area contributed by atoms with Crippen LogP contribution in [0.5, 0.6) is 0 Å². The van der Waals surface area contributed by atoms with Crippen molar-refractivity contribution < 1.29 is 27.9 Å². The summed E-state index contributed by atoms with van der Waals surface area (Å²) in [6, 6.07) is 4.85. The molecule has 3 aromatic rings. The van der Waals surface area contributed by atoms with Crippen LogP contribution < -0.4 is 0 Å². The van der Waals surface area contributed by atoms with Gasteiger partial charge in [0.1, 0.15) is 5.65 Å². The first-order valence-corrected chi connectivity index (χ1v) is 11.4. The highest BCUT2D eigenvalue weighted by Gasteiger charge is 2.32. The van der Waals surface area contributed by atoms with Crippen molar-refractivity contribution in [2.75, 3.05) is 6.54 Å². The van der Waals surface area contributed by atoms with Gasteiger partial charge in [0.05, 0.1) is 24.1 Å². The van der Waals surface area contributed by atoms with Crippen molar-refractivity contribution in [2.24, 2.45) is 5.41 Å². The summed E-state index contributed by atoms with van der Waals surface area (Å²) in [5.41, 5.74) is 1.24. The summed E-state index contributed by atoms with van der Waals surface area (Å²) >= 11 is 0. The van der Waals surface area contributed by atoms with Crippen LogP contribution in [0.4, 0.5) is 13.2 Å². The Balaban J connectivity index is 1.58. The van der Waals surface area contributed by atoms with E-state index in [0.717, 1.165) is 28.9 Å². The molecule has 10 heteroatoms. The van der Waals surface area contributed by atoms with Gasteiger partial charge in [0.25, 0.3) is 0 Å². The first kappa shape index (κ1) is 24.7. The molecule has 4 rings (SSSR count). The van der Waals surface area contributed by atoms with E-state index in [9.17, 15) is 27.9 Å². The fraction of sp³-hybridized carbons (Fsp3) is 0.440. The van der Waals surface area contributed by atoms with Gasteiger partial charge in [-0.1, -0.05) is 0 Å². The standard InChI is InChI=1S/C25H27F3N4O3/c1-24(2,23(34)35)8-3-6-21(33)31-10-7-18-19-5-4-9-30-22(19)32(20(18)15-31)14-16-11-17(13-29-12-16)25(26,27)28/h4-5,9,11-13H,3,6-8,10,14-15H2,1-2H3,(H,34,35). The Kier molecular flexibility index (Phi) is 6.57. The maximum atomic E-state index is 13.2. The molecule has 4 heterocycles. The topological polar surface area (TPSA) is 88.3 Å². The third kappa shape index (κ3) is 5.16. The number of carbonyl (C=O) groups is 2. The van der Waals surface area contributed by atoms with E-state index >= 15 is 0 Å². The SMILES string of the molecule is CC(C)(CCCC(=O)N1CCc2c(n(Cc3cncc(C(F)(F)F)c3)c3ncccc23)C1)C(=O)O. The molecule has 3 aromatic heterocycles. The number of nitrogens with zero attached hydrogens (tertiary/aromatic N) is 4. The molecule has 0 aliphatic carbocycles. The Hall–Kier alpha value is -3.43. The summed E-state index contributed by atoms with van der Waals surface area (Å²) in [5.74, 6) is -0.962. The first-order valence-electron chi connectivity index (χ1n) is 11.4. The molecule has 1 amide bonds. The number of amides is 1. The molecular formula is C25H27F3N4O3. The molecule has 1 aliphatic heterocycles. The van der Waals surface area contributed by atoms with E-state index in [2.05, 4.69) is 9.97 Å². The van der Waals surface area contributed by atoms with Crippen LogP contribution in [0.15, 0.2) is 36.8 Å². The number of hydrogen-bond acceptors (Lipinski definition) is 4. The minimum Gasteiger partial charge on any atom is -0.481 e. The van der Waals surface area contributed by atoms with Gasteiger partial charge in [-0.15, -0.1) is 0 Å². The van der Waals surface area contributed by atoms with E-state index in [1.165, 1.54) is 6.20 Å². The molecule has 0 radical (unpaired) electrons. The van der Waals surface area contributed by atoms with Crippen LogP contribution >= 0.6 is 0 Å². The number of alkyl halides is 3. The third-order valence-electron chi connectivity index (χ3n) is 6.60. The van der Waals surface area contributed by atoms with Crippen molar-refractivity contribution in [2.45, 2.75) is 58.8 Å². The Labute approximate surface area is 200 Å². The average Bonchev–Trinajstić information content (AvgIpc) is 3.11. The second-order valence-electron chi connectivity index (χ2n) is 9.57. The van der Waals surface area contributed by atoms with Crippen LogP contribution in [0, 0.1) is 5.41 Å². The fourth-order valence-corrected chi connectivity index (χ4v) is 4.50. The predicted molar refractivity (Wildman–Crippen MR) is 122 cm³/mol. The van der Waals surface area contributed by atoms with Gasteiger partial charge in [0.2, 0.25) is 5.91 Å². The van der Waals surface area contributed by atoms with E-state index in [1.807, 2.05) is 16.7 Å². The molecular weight excluding hydrogens is 461 g/mol. The average molecular weight is 489 g/mol. The quantitative estimate of drug-likeness (QED) is 0.523. The molecule has 0 unspecified atom stereocenters. The maximum absolute atomic E-state index is 13.2. The van der Waals surface area contributed by atoms with Crippen LogP contribution in [-0.4, -0.2) is 43.0 Å². The van der Waals surface area contributed by atoms with Gasteiger partial charge in [0.15, 0.2) is 0 Å². The van der Waals surface area contributed by atoms with E-state index in [-0.39, 0.29) is 18.9 Å². The number of carboxylic acids is 1. The monoisotopic (exact) mass is 488 g/mol. The maximum Gasteiger partial charge on any atom is 0.417 e. The summed E-state index contributed by atoms with van der Waals surface area (Å²) in [6.45, 7) is 4.27. The van der Waals surface area contributed by atoms with Gasteiger partial charge in [0, 0.05) is 42.6 Å². The molecule has 186 valence electrons. The van der Waals surface area contributed by atoms with Crippen molar-refractivity contribution in [1.82, 2.24) is 19.4 Å². The highest BCUT2D eigenvalue weighted by atomic mass is 19.4. The van der Waals surface area contributed by atoms with E-state index in [1.54, 1.807) is 24.9 Å². The Morgan fingerprint density at radius 3 is 2.69 bits per heavy atom. The van der Waals surface area contributed by atoms with Crippen LogP contribution in [0.2, 0.25) is 0 Å². The molecule has 0 bridgehead atoms. The number of aromatic nitrogens is 3. The second kappa shape index (κ2) is 9.31. The number of pyridine rings is 2. The number of hydrogen-bond donors (Lipinski definition) is 1. The fourth-order valence-electron chi connectivity index (χ4n) is 4.50. The zero-order valence-corrected chi connectivity index (χ0v) is 19.6. The van der Waals surface area contributed by atoms with Gasteiger partial charge in [-0.3, -0.25) is 14.6 Å². The van der Waals surface area contributed by atoms with Crippen LogP contribution in [0.3, 0.4) is 0 Å². The van der Waals surface area contributed by atoms with Crippen LogP contribution in [0.1, 0.15) is 55.5 Å². The summed E-state index contributed by atoms with van der Waals surface area (Å²) in [4.78, 5) is 34.2. The number of rotatable bonds is 7. The smallest absolute Gasteiger partial charge is 0.417 e. The molecule has 0 saturated heterocycles. The third-order valence-corrected chi connectivity index (χ3v) is 6.60. The molecule has 1 aliphatic rings. The molecule has 0 atom stereocenters. The lowest BCUT2D eigenvalue weighted by molar-refractivity contribution is -0.147. The molecule has 0 fully saturated rings. The summed E-state index contributed by atoms with van der Waals surface area (Å²) in [7, 11) is 0. The normalized spacial score (nSPS) is 14.3. The van der Waals surface area contributed by atoms with Crippen molar-refractivity contribution in [3.63, 3.8) is 0 Å². The second-order valence-corrected chi connectivity index (χ2v) is 9.57. The van der Waals surface area contributed by atoms with Crippen molar-refractivity contribution in [3.05, 3.63) is 59.2 Å². The van der Waals surface area contributed by atoms with E-state index in [4.69, 9.17) is 0 Å². The molecule has 0 aromatic carbocycles. The van der Waals surface area contributed by atoms with Gasteiger partial charge in [-0.2, -0.15) is 13.2 Å². The number of aliphatic carboxylic acids is 1. The van der Waals surface area contributed by atoms with Crippen LogP contribution in [-0.2, 0) is 35.3 Å².